The molecule has 19 heteroatoms. The zero-order valence-corrected chi connectivity index (χ0v) is 17.0. The molecule has 0 fully saturated rings. The van der Waals surface area contributed by atoms with Crippen LogP contribution in [0.5, 0.6) is 0 Å². The summed E-state index contributed by atoms with van der Waals surface area (Å²) in [6.45, 7) is -1.70. The van der Waals surface area contributed by atoms with E-state index >= 15 is 0 Å². The van der Waals surface area contributed by atoms with Crippen molar-refractivity contribution < 1.29 is 80.2 Å². The minimum atomic E-state index is -8.36. The Morgan fingerprint density at radius 1 is 0.559 bits per heavy atom. The SMILES string of the molecule is CCCCCCCOB(O)OCC(F)(F)C(F)(F)C(F)(F)C(F)(F)C(F)(F)C(F)(F)C(F)(F)F. The largest absolute Gasteiger partial charge is 0.636 e. The predicted molar refractivity (Wildman–Crippen MR) is 84.4 cm³/mol. The summed E-state index contributed by atoms with van der Waals surface area (Å²) >= 11 is 0. The minimum absolute atomic E-state index is 0.166. The summed E-state index contributed by atoms with van der Waals surface area (Å²) in [7, 11) is -2.82. The summed E-state index contributed by atoms with van der Waals surface area (Å²) in [5, 5.41) is 9.07. The summed E-state index contributed by atoms with van der Waals surface area (Å²) in [5.41, 5.74) is 0. The van der Waals surface area contributed by atoms with Crippen molar-refractivity contribution in [3.05, 3.63) is 0 Å². The van der Waals surface area contributed by atoms with E-state index in [1.165, 1.54) is 0 Å². The molecule has 0 saturated heterocycles. The van der Waals surface area contributed by atoms with Crippen LogP contribution in [0.25, 0.3) is 0 Å². The molecule has 1 N–H and O–H groups in total. The first-order chi connectivity index (χ1) is 15.0. The van der Waals surface area contributed by atoms with Crippen molar-refractivity contribution in [2.75, 3.05) is 13.2 Å². The number of unbranched alkanes of at least 4 members (excludes halogenated alkanes) is 4. The van der Waals surface area contributed by atoms with Gasteiger partial charge in [-0.3, -0.25) is 0 Å². The maximum atomic E-state index is 13.5. The lowest BCUT2D eigenvalue weighted by Gasteiger charge is -2.41. The van der Waals surface area contributed by atoms with Gasteiger partial charge in [0.1, 0.15) is 6.61 Å². The molecule has 0 saturated carbocycles. The molecule has 3 nitrogen and oxygen atoms in total. The molecule has 0 atom stereocenters. The van der Waals surface area contributed by atoms with E-state index in [0.717, 1.165) is 12.8 Å². The lowest BCUT2D eigenvalue weighted by atomic mass is 9.91. The van der Waals surface area contributed by atoms with Gasteiger partial charge in [-0.1, -0.05) is 32.6 Å². The van der Waals surface area contributed by atoms with Gasteiger partial charge >= 0.3 is 49.0 Å². The average molecular weight is 542 g/mol. The second kappa shape index (κ2) is 10.9. The maximum absolute atomic E-state index is 13.5. The standard InChI is InChI=1S/C15H18BF15O3/c1-2-3-4-5-6-7-33-16(32)34-8-9(17,18)10(19,20)11(21,22)12(23,24)13(25,26)14(27,28)15(29,30)31/h32H,2-8H2,1H3. The van der Waals surface area contributed by atoms with Crippen LogP contribution < -0.4 is 0 Å². The van der Waals surface area contributed by atoms with Crippen molar-refractivity contribution in [1.82, 2.24) is 0 Å². The molecule has 0 spiro atoms. The second-order valence-corrected chi connectivity index (χ2v) is 6.98. The summed E-state index contributed by atoms with van der Waals surface area (Å²) in [6.07, 6.45) is -4.74. The van der Waals surface area contributed by atoms with Crippen LogP contribution in [-0.2, 0) is 9.31 Å². The van der Waals surface area contributed by atoms with Gasteiger partial charge in [-0.25, -0.2) is 0 Å². The van der Waals surface area contributed by atoms with Gasteiger partial charge in [-0.05, 0) is 6.42 Å². The van der Waals surface area contributed by atoms with E-state index in [4.69, 9.17) is 5.02 Å². The molecule has 0 amide bonds. The molecule has 34 heavy (non-hydrogen) atoms. The summed E-state index contributed by atoms with van der Waals surface area (Å²) in [5.74, 6) is -47.2. The van der Waals surface area contributed by atoms with E-state index in [0.29, 0.717) is 12.8 Å². The highest BCUT2D eigenvalue weighted by atomic mass is 19.4. The molecule has 0 aliphatic rings. The van der Waals surface area contributed by atoms with E-state index in [9.17, 15) is 65.9 Å². The molecule has 0 bridgehead atoms. The van der Waals surface area contributed by atoms with Gasteiger partial charge in [0.2, 0.25) is 0 Å². The van der Waals surface area contributed by atoms with Crippen LogP contribution in [0.3, 0.4) is 0 Å². The van der Waals surface area contributed by atoms with E-state index in [1.54, 1.807) is 0 Å². The normalized spacial score (nSPS) is 15.1. The zero-order valence-electron chi connectivity index (χ0n) is 17.0. The smallest absolute Gasteiger partial charge is 0.402 e. The van der Waals surface area contributed by atoms with Gasteiger partial charge in [0.05, 0.1) is 0 Å². The Bertz CT molecular complexity index is 639. The predicted octanol–water partition coefficient (Wildman–Crippen LogP) is 6.34. The monoisotopic (exact) mass is 542 g/mol. The first-order valence-corrected chi connectivity index (χ1v) is 9.20. The molecule has 0 aromatic heterocycles. The van der Waals surface area contributed by atoms with Gasteiger partial charge in [0.15, 0.2) is 0 Å². The molecule has 0 unspecified atom stereocenters. The fraction of sp³-hybridized carbons (Fsp3) is 1.00. The molecule has 0 radical (unpaired) electrons. The lowest BCUT2D eigenvalue weighted by molar-refractivity contribution is -0.453. The highest BCUT2D eigenvalue weighted by Gasteiger charge is 2.93. The molecular weight excluding hydrogens is 524 g/mol. The topological polar surface area (TPSA) is 38.7 Å². The third kappa shape index (κ3) is 6.17. The van der Waals surface area contributed by atoms with Gasteiger partial charge in [0, 0.05) is 6.61 Å². The minimum Gasteiger partial charge on any atom is -0.402 e. The van der Waals surface area contributed by atoms with Crippen LogP contribution in [0, 0.1) is 0 Å². The van der Waals surface area contributed by atoms with Crippen LogP contribution in [0.15, 0.2) is 0 Å². The van der Waals surface area contributed by atoms with E-state index in [1.807, 2.05) is 6.92 Å². The van der Waals surface area contributed by atoms with Crippen LogP contribution >= 0.6 is 0 Å². The molecular formula is C15H18BF15O3. The highest BCUT2D eigenvalue weighted by molar-refractivity contribution is 6.34. The van der Waals surface area contributed by atoms with Crippen molar-refractivity contribution in [1.29, 1.82) is 0 Å². The quantitative estimate of drug-likeness (QED) is 0.149. The van der Waals surface area contributed by atoms with Crippen molar-refractivity contribution in [2.24, 2.45) is 0 Å². The van der Waals surface area contributed by atoms with Gasteiger partial charge in [-0.15, -0.1) is 0 Å². The van der Waals surface area contributed by atoms with E-state index in [-0.39, 0.29) is 6.42 Å². The highest BCUT2D eigenvalue weighted by Crippen LogP contribution is 2.62. The Kier molecular flexibility index (Phi) is 10.5. The van der Waals surface area contributed by atoms with Crippen molar-refractivity contribution in [3.8, 4) is 0 Å². The number of hydrogen-bond acceptors (Lipinski definition) is 3. The molecule has 0 aromatic rings. The number of alkyl halides is 15. The van der Waals surface area contributed by atoms with E-state index in [2.05, 4.69) is 9.31 Å². The van der Waals surface area contributed by atoms with Crippen LogP contribution in [0.1, 0.15) is 39.0 Å². The third-order valence-corrected chi connectivity index (χ3v) is 4.31. The fourth-order valence-corrected chi connectivity index (χ4v) is 2.20. The van der Waals surface area contributed by atoms with Gasteiger partial charge < -0.3 is 14.3 Å². The first-order valence-electron chi connectivity index (χ1n) is 9.20. The number of halogens is 15. The molecule has 204 valence electrons. The number of rotatable bonds is 15. The van der Waals surface area contributed by atoms with Gasteiger partial charge in [0.25, 0.3) is 0 Å². The fourth-order valence-electron chi connectivity index (χ4n) is 2.20. The molecule has 0 heterocycles. The van der Waals surface area contributed by atoms with Crippen LogP contribution in [0.4, 0.5) is 65.9 Å². The first kappa shape index (κ1) is 32.9. The summed E-state index contributed by atoms with van der Waals surface area (Å²) in [6, 6.07) is 0. The maximum Gasteiger partial charge on any atom is 0.636 e. The van der Waals surface area contributed by atoms with Gasteiger partial charge in [-0.2, -0.15) is 65.9 Å². The molecule has 0 aliphatic carbocycles. The summed E-state index contributed by atoms with van der Waals surface area (Å²) in [4.78, 5) is 0. The van der Waals surface area contributed by atoms with Crippen molar-refractivity contribution in [2.45, 2.75) is 80.7 Å². The lowest BCUT2D eigenvalue weighted by Crippen LogP contribution is -2.73. The molecule has 0 aliphatic heterocycles. The Balaban J connectivity index is 5.56. The third-order valence-electron chi connectivity index (χ3n) is 4.31. The van der Waals surface area contributed by atoms with Crippen molar-refractivity contribution >= 4 is 7.32 Å². The van der Waals surface area contributed by atoms with Crippen LogP contribution in [0.2, 0.25) is 0 Å². The Morgan fingerprint density at radius 2 is 0.971 bits per heavy atom. The van der Waals surface area contributed by atoms with Crippen molar-refractivity contribution in [3.63, 3.8) is 0 Å². The average Bonchev–Trinajstić information content (AvgIpc) is 2.67. The zero-order chi connectivity index (χ0) is 27.4. The van der Waals surface area contributed by atoms with Crippen LogP contribution in [-0.4, -0.2) is 67.3 Å². The Labute approximate surface area is 182 Å². The number of hydrogen-bond donors (Lipinski definition) is 1. The molecule has 0 aromatic carbocycles. The second-order valence-electron chi connectivity index (χ2n) is 6.98. The summed E-state index contributed by atoms with van der Waals surface area (Å²) < 4.78 is 203. The molecule has 0 rings (SSSR count). The Hall–Kier alpha value is -1.11. The Morgan fingerprint density at radius 3 is 1.41 bits per heavy atom. The van der Waals surface area contributed by atoms with E-state index < -0.39 is 62.2 Å².